The summed E-state index contributed by atoms with van der Waals surface area (Å²) in [6, 6.07) is 13.3. The molecule has 2 atom stereocenters. The van der Waals surface area contributed by atoms with Crippen LogP contribution in [0.5, 0.6) is 5.88 Å². The van der Waals surface area contributed by atoms with Gasteiger partial charge in [-0.15, -0.1) is 0 Å². The average Bonchev–Trinajstić information content (AvgIpc) is 3.33. The number of hydrogen-bond donors (Lipinski definition) is 3. The summed E-state index contributed by atoms with van der Waals surface area (Å²) in [7, 11) is 0. The first-order chi connectivity index (χ1) is 22.8. The lowest BCUT2D eigenvalue weighted by Crippen LogP contribution is -2.43. The number of morpholine rings is 1. The Balaban J connectivity index is 1.21. The van der Waals surface area contributed by atoms with E-state index in [1.54, 1.807) is 55.1 Å². The van der Waals surface area contributed by atoms with Crippen molar-refractivity contribution >= 4 is 35.0 Å². The van der Waals surface area contributed by atoms with Crippen molar-refractivity contribution in [3.63, 3.8) is 0 Å². The van der Waals surface area contributed by atoms with Crippen LogP contribution in [0, 0.1) is 0 Å². The number of aromatic nitrogens is 2. The number of amides is 3. The molecule has 1 aromatic heterocycles. The van der Waals surface area contributed by atoms with Crippen LogP contribution in [0.1, 0.15) is 81.0 Å². The lowest BCUT2D eigenvalue weighted by Gasteiger charge is -2.33. The third-order valence-electron chi connectivity index (χ3n) is 8.86. The zero-order chi connectivity index (χ0) is 34.2. The summed E-state index contributed by atoms with van der Waals surface area (Å²) in [6.45, 7) is 11.5. The lowest BCUT2D eigenvalue weighted by atomic mass is 9.98. The van der Waals surface area contributed by atoms with Gasteiger partial charge in [0.25, 0.3) is 5.91 Å². The molecule has 0 radical (unpaired) electrons. The fourth-order valence-electron chi connectivity index (χ4n) is 6.37. The quantitative estimate of drug-likeness (QED) is 0.253. The fraction of sp³-hybridized carbons (Fsp3) is 0.472. The number of likely N-dealkylation sites (N-methyl/N-ethyl adjacent to an activating group) is 1. The van der Waals surface area contributed by atoms with Gasteiger partial charge in [0.2, 0.25) is 11.8 Å². The molecule has 3 aromatic rings. The van der Waals surface area contributed by atoms with Crippen molar-refractivity contribution in [2.75, 3.05) is 41.7 Å². The van der Waals surface area contributed by atoms with Gasteiger partial charge < -0.3 is 35.0 Å². The summed E-state index contributed by atoms with van der Waals surface area (Å²) < 4.78 is 12.5. The van der Waals surface area contributed by atoms with Crippen LogP contribution in [0.2, 0.25) is 0 Å². The molecule has 2 bridgehead atoms. The second kappa shape index (κ2) is 13.2. The van der Waals surface area contributed by atoms with Gasteiger partial charge in [-0.1, -0.05) is 12.1 Å². The van der Waals surface area contributed by atoms with Gasteiger partial charge in [-0.25, -0.2) is 9.78 Å². The molecule has 0 spiro atoms. The minimum Gasteiger partial charge on any atom is -0.469 e. The third kappa shape index (κ3) is 7.60. The number of ether oxygens (including phenoxy) is 2. The van der Waals surface area contributed by atoms with Crippen LogP contribution < -0.4 is 20.3 Å². The van der Waals surface area contributed by atoms with Gasteiger partial charge in [0, 0.05) is 48.6 Å². The number of nitrogens with one attached hydrogen (secondary N) is 2. The number of carbonyl (C=O) groups excluding carboxylic acids is 3. The molecule has 12 heteroatoms. The highest BCUT2D eigenvalue weighted by atomic mass is 16.5. The van der Waals surface area contributed by atoms with Gasteiger partial charge in [-0.3, -0.25) is 9.59 Å². The van der Waals surface area contributed by atoms with Crippen molar-refractivity contribution < 1.29 is 29.0 Å². The van der Waals surface area contributed by atoms with E-state index in [1.165, 1.54) is 0 Å². The van der Waals surface area contributed by atoms with E-state index < -0.39 is 17.2 Å². The highest BCUT2D eigenvalue weighted by Gasteiger charge is 2.39. The van der Waals surface area contributed by atoms with E-state index in [0.717, 1.165) is 12.8 Å². The molecule has 48 heavy (non-hydrogen) atoms. The Labute approximate surface area is 280 Å². The molecule has 3 aliphatic rings. The van der Waals surface area contributed by atoms with Crippen molar-refractivity contribution in [3.8, 4) is 17.1 Å². The number of urea groups is 1. The minimum absolute atomic E-state index is 0.0719. The van der Waals surface area contributed by atoms with E-state index in [1.807, 2.05) is 32.9 Å². The molecule has 4 heterocycles. The first-order valence-electron chi connectivity index (χ1n) is 16.6. The van der Waals surface area contributed by atoms with Gasteiger partial charge in [0.15, 0.2) is 5.78 Å². The van der Waals surface area contributed by atoms with E-state index in [9.17, 15) is 19.5 Å². The van der Waals surface area contributed by atoms with Gasteiger partial charge >= 0.3 is 6.03 Å². The molecule has 12 nitrogen and oxygen atoms in total. The molecular weight excluding hydrogens is 612 g/mol. The molecule has 3 amide bonds. The topological polar surface area (TPSA) is 146 Å². The van der Waals surface area contributed by atoms with Crippen LogP contribution in [0.3, 0.4) is 0 Å². The Morgan fingerprint density at radius 1 is 0.979 bits per heavy atom. The molecular formula is C36H44N6O6. The van der Waals surface area contributed by atoms with Crippen LogP contribution in [-0.4, -0.2) is 87.3 Å². The molecule has 254 valence electrons. The molecule has 3 N–H and O–H groups in total. The predicted molar refractivity (Wildman–Crippen MR) is 183 cm³/mol. The maximum atomic E-state index is 13.9. The highest BCUT2D eigenvalue weighted by molar-refractivity contribution is 6.03. The van der Waals surface area contributed by atoms with Crippen molar-refractivity contribution in [3.05, 3.63) is 59.7 Å². The first-order valence-corrected chi connectivity index (χ1v) is 16.6. The van der Waals surface area contributed by atoms with Crippen molar-refractivity contribution in [2.45, 2.75) is 83.7 Å². The smallest absolute Gasteiger partial charge is 0.323 e. The number of aliphatic hydroxyl groups is 1. The van der Waals surface area contributed by atoms with Crippen LogP contribution in [0.25, 0.3) is 11.3 Å². The van der Waals surface area contributed by atoms with Crippen molar-refractivity contribution in [2.24, 2.45) is 0 Å². The van der Waals surface area contributed by atoms with Crippen molar-refractivity contribution in [1.82, 2.24) is 14.9 Å². The molecule has 0 saturated carbocycles. The second-order valence-electron chi connectivity index (χ2n) is 14.1. The lowest BCUT2D eigenvalue weighted by molar-refractivity contribution is 0.0297. The summed E-state index contributed by atoms with van der Waals surface area (Å²) in [4.78, 5) is 52.8. The number of ketones is 1. The monoisotopic (exact) mass is 656 g/mol. The average molecular weight is 657 g/mol. The molecule has 6 rings (SSSR count). The van der Waals surface area contributed by atoms with Crippen LogP contribution in [-0.2, 0) is 4.74 Å². The Kier molecular flexibility index (Phi) is 9.14. The summed E-state index contributed by atoms with van der Waals surface area (Å²) in [5, 5.41) is 15.5. The maximum absolute atomic E-state index is 13.9. The largest absolute Gasteiger partial charge is 0.469 e. The van der Waals surface area contributed by atoms with E-state index in [2.05, 4.69) is 15.5 Å². The molecule has 3 aliphatic heterocycles. The summed E-state index contributed by atoms with van der Waals surface area (Å²) >= 11 is 0. The van der Waals surface area contributed by atoms with E-state index >= 15 is 0 Å². The zero-order valence-electron chi connectivity index (χ0n) is 28.2. The Morgan fingerprint density at radius 3 is 2.17 bits per heavy atom. The van der Waals surface area contributed by atoms with Crippen LogP contribution in [0.4, 0.5) is 22.1 Å². The first kappa shape index (κ1) is 33.4. The molecule has 0 aliphatic carbocycles. The number of hydrogen-bond acceptors (Lipinski definition) is 9. The second-order valence-corrected chi connectivity index (χ2v) is 14.1. The molecule has 2 unspecified atom stereocenters. The number of nitrogens with zero attached hydrogens (tertiary/aromatic N) is 4. The normalized spacial score (nSPS) is 20.1. The van der Waals surface area contributed by atoms with Crippen LogP contribution >= 0.6 is 0 Å². The fourth-order valence-corrected chi connectivity index (χ4v) is 6.37. The predicted octanol–water partition coefficient (Wildman–Crippen LogP) is 5.52. The standard InChI is InChI=1S/C36H44N6O6/c1-6-41-21-36(4,5)48-31-29(32(41)44)30(39-33(40-31)42-19-26-15-16-27(20-42)47-26)23-9-13-25(14-10-23)38-34(45)37-24-11-7-22(8-12-24)28(43)17-18-35(2,3)46/h7-14,26-27,46H,6,15-21H2,1-5H3,(H2,37,38,45). The zero-order valence-corrected chi connectivity index (χ0v) is 28.2. The molecule has 2 saturated heterocycles. The number of rotatable bonds is 9. The maximum Gasteiger partial charge on any atom is 0.323 e. The molecule has 2 fully saturated rings. The summed E-state index contributed by atoms with van der Waals surface area (Å²) in [6.07, 6.45) is 2.86. The Hall–Kier alpha value is -4.55. The number of Topliss-reactive ketones (excluding diaryl/α,β-unsaturated/α-hetero) is 1. The number of carbonyl (C=O) groups is 3. The SMILES string of the molecule is CCN1CC(C)(C)Oc2nc(N3CC4CCC(C3)O4)nc(-c3ccc(NC(=O)Nc4ccc(C(=O)CCC(C)(C)O)cc4)cc3)c2C1=O. The van der Waals surface area contributed by atoms with Crippen molar-refractivity contribution in [1.29, 1.82) is 0 Å². The van der Waals surface area contributed by atoms with E-state index in [0.29, 0.717) is 72.3 Å². The third-order valence-corrected chi connectivity index (χ3v) is 8.86. The van der Waals surface area contributed by atoms with Gasteiger partial charge in [-0.2, -0.15) is 4.98 Å². The Morgan fingerprint density at radius 2 is 1.58 bits per heavy atom. The van der Waals surface area contributed by atoms with Gasteiger partial charge in [0.1, 0.15) is 11.2 Å². The Bertz CT molecular complexity index is 1670. The van der Waals surface area contributed by atoms with E-state index in [4.69, 9.17) is 19.4 Å². The molecule has 2 aromatic carbocycles. The number of benzene rings is 2. The van der Waals surface area contributed by atoms with Gasteiger partial charge in [-0.05, 0) is 90.3 Å². The van der Waals surface area contributed by atoms with E-state index in [-0.39, 0.29) is 36.2 Å². The number of anilines is 3. The minimum atomic E-state index is -0.911. The van der Waals surface area contributed by atoms with Crippen LogP contribution in [0.15, 0.2) is 48.5 Å². The summed E-state index contributed by atoms with van der Waals surface area (Å²) in [5.41, 5.74) is 1.50. The van der Waals surface area contributed by atoms with Gasteiger partial charge in [0.05, 0.1) is 30.0 Å². The number of fused-ring (bicyclic) bond motifs is 3. The summed E-state index contributed by atoms with van der Waals surface area (Å²) in [5.74, 6) is 0.515. The highest BCUT2D eigenvalue weighted by Crippen LogP contribution is 2.37.